The predicted molar refractivity (Wildman–Crippen MR) is 102 cm³/mol. The Morgan fingerprint density at radius 1 is 1.15 bits per heavy atom. The largest absolute Gasteiger partial charge is 0.383 e. The molecular formula is C19H20N4O2S. The van der Waals surface area contributed by atoms with E-state index in [1.807, 2.05) is 65.2 Å². The Labute approximate surface area is 156 Å². The summed E-state index contributed by atoms with van der Waals surface area (Å²) in [5.74, 6) is -0.103. The highest BCUT2D eigenvalue weighted by atomic mass is 32.2. The molecule has 0 spiro atoms. The Hall–Kier alpha value is -2.64. The molecular weight excluding hydrogens is 348 g/mol. The van der Waals surface area contributed by atoms with Gasteiger partial charge in [-0.05, 0) is 17.7 Å². The fourth-order valence-corrected chi connectivity index (χ4v) is 3.45. The third-order valence-electron chi connectivity index (χ3n) is 3.72. The molecule has 0 bridgehead atoms. The molecule has 1 aromatic heterocycles. The first-order valence-corrected chi connectivity index (χ1v) is 9.10. The monoisotopic (exact) mass is 368 g/mol. The maximum Gasteiger partial charge on any atom is 0.242 e. The molecule has 0 fully saturated rings. The summed E-state index contributed by atoms with van der Waals surface area (Å²) in [7, 11) is 1.65. The molecule has 7 heteroatoms. The number of carbonyl (C=O) groups is 1. The summed E-state index contributed by atoms with van der Waals surface area (Å²) in [4.78, 5) is 13.0. The molecule has 0 saturated carbocycles. The normalized spacial score (nSPS) is 11.9. The number of carbonyl (C=O) groups excluding carboxylic acids is 1. The fraction of sp³-hybridized carbons (Fsp3) is 0.211. The average Bonchev–Trinajstić information content (AvgIpc) is 3.13. The molecule has 3 aromatic rings. The van der Waals surface area contributed by atoms with Gasteiger partial charge in [-0.15, -0.1) is 10.2 Å². The van der Waals surface area contributed by atoms with Gasteiger partial charge in [0.05, 0.1) is 6.61 Å². The minimum atomic E-state index is -0.443. The Bertz CT molecular complexity index is 824. The summed E-state index contributed by atoms with van der Waals surface area (Å²) in [6.45, 7) is 1.19. The molecule has 134 valence electrons. The van der Waals surface area contributed by atoms with E-state index >= 15 is 0 Å². The van der Waals surface area contributed by atoms with E-state index in [9.17, 15) is 4.79 Å². The number of methoxy groups -OCH3 is 1. The first-order chi connectivity index (χ1) is 12.8. The van der Waals surface area contributed by atoms with Crippen LogP contribution in [0.15, 0.2) is 72.1 Å². The zero-order chi connectivity index (χ0) is 18.2. The second-order valence-corrected chi connectivity index (χ2v) is 6.64. The van der Waals surface area contributed by atoms with Crippen molar-refractivity contribution in [1.82, 2.24) is 14.8 Å². The van der Waals surface area contributed by atoms with E-state index < -0.39 is 5.25 Å². The van der Waals surface area contributed by atoms with Gasteiger partial charge in [0.15, 0.2) is 5.16 Å². The zero-order valence-electron chi connectivity index (χ0n) is 14.4. The third-order valence-corrected chi connectivity index (χ3v) is 4.97. The number of hydrogen-bond donors (Lipinski definition) is 1. The van der Waals surface area contributed by atoms with E-state index in [1.165, 1.54) is 11.8 Å². The van der Waals surface area contributed by atoms with Crippen LogP contribution in [-0.2, 0) is 16.1 Å². The number of rotatable bonds is 8. The minimum Gasteiger partial charge on any atom is -0.383 e. The SMILES string of the molecule is COCCn1cnnc1SC(C(=O)Nc1ccccc1)c1ccccc1. The van der Waals surface area contributed by atoms with Crippen LogP contribution in [0.2, 0.25) is 0 Å². The van der Waals surface area contributed by atoms with Crippen LogP contribution in [0.1, 0.15) is 10.8 Å². The van der Waals surface area contributed by atoms with Crippen LogP contribution in [0.5, 0.6) is 0 Å². The predicted octanol–water partition coefficient (Wildman–Crippen LogP) is 3.40. The van der Waals surface area contributed by atoms with Gasteiger partial charge in [0.25, 0.3) is 0 Å². The van der Waals surface area contributed by atoms with Crippen molar-refractivity contribution in [3.63, 3.8) is 0 Å². The van der Waals surface area contributed by atoms with Crippen molar-refractivity contribution in [2.75, 3.05) is 19.0 Å². The second-order valence-electron chi connectivity index (χ2n) is 5.56. The summed E-state index contributed by atoms with van der Waals surface area (Å²) in [5.41, 5.74) is 1.67. The number of amides is 1. The molecule has 0 radical (unpaired) electrons. The second kappa shape index (κ2) is 9.17. The first-order valence-electron chi connectivity index (χ1n) is 8.22. The number of nitrogens with zero attached hydrogens (tertiary/aromatic N) is 3. The molecule has 1 N–H and O–H groups in total. The molecule has 3 rings (SSSR count). The van der Waals surface area contributed by atoms with Crippen molar-refractivity contribution in [2.45, 2.75) is 17.0 Å². The van der Waals surface area contributed by atoms with Crippen LogP contribution in [0, 0.1) is 0 Å². The van der Waals surface area contributed by atoms with Gasteiger partial charge in [-0.2, -0.15) is 0 Å². The van der Waals surface area contributed by atoms with Crippen molar-refractivity contribution >= 4 is 23.4 Å². The lowest BCUT2D eigenvalue weighted by Gasteiger charge is -2.17. The number of para-hydroxylation sites is 1. The highest BCUT2D eigenvalue weighted by Crippen LogP contribution is 2.35. The lowest BCUT2D eigenvalue weighted by atomic mass is 10.1. The van der Waals surface area contributed by atoms with Crippen molar-refractivity contribution < 1.29 is 9.53 Å². The van der Waals surface area contributed by atoms with Crippen molar-refractivity contribution in [2.24, 2.45) is 0 Å². The lowest BCUT2D eigenvalue weighted by Crippen LogP contribution is -2.19. The highest BCUT2D eigenvalue weighted by Gasteiger charge is 2.24. The Morgan fingerprint density at radius 3 is 2.54 bits per heavy atom. The number of ether oxygens (including phenoxy) is 1. The number of anilines is 1. The average molecular weight is 368 g/mol. The van der Waals surface area contributed by atoms with Gasteiger partial charge in [0.1, 0.15) is 11.6 Å². The molecule has 0 saturated heterocycles. The maximum absolute atomic E-state index is 13.0. The van der Waals surface area contributed by atoms with Gasteiger partial charge in [0.2, 0.25) is 5.91 Å². The highest BCUT2D eigenvalue weighted by molar-refractivity contribution is 8.00. The summed E-state index contributed by atoms with van der Waals surface area (Å²) >= 11 is 1.37. The first kappa shape index (κ1) is 18.2. The van der Waals surface area contributed by atoms with Crippen molar-refractivity contribution in [3.8, 4) is 0 Å². The van der Waals surface area contributed by atoms with Crippen LogP contribution < -0.4 is 5.32 Å². The third kappa shape index (κ3) is 4.71. The summed E-state index contributed by atoms with van der Waals surface area (Å²) < 4.78 is 7.01. The van der Waals surface area contributed by atoms with Crippen LogP contribution >= 0.6 is 11.8 Å². The Kier molecular flexibility index (Phi) is 6.40. The Morgan fingerprint density at radius 2 is 1.85 bits per heavy atom. The quantitative estimate of drug-likeness (QED) is 0.617. The van der Waals surface area contributed by atoms with E-state index in [4.69, 9.17) is 4.74 Å². The summed E-state index contributed by atoms with van der Waals surface area (Å²) in [5, 5.41) is 11.3. The summed E-state index contributed by atoms with van der Waals surface area (Å²) in [6.07, 6.45) is 1.65. The topological polar surface area (TPSA) is 69.0 Å². The smallest absolute Gasteiger partial charge is 0.242 e. The van der Waals surface area contributed by atoms with E-state index in [0.717, 1.165) is 11.3 Å². The molecule has 0 aliphatic rings. The lowest BCUT2D eigenvalue weighted by molar-refractivity contribution is -0.115. The van der Waals surface area contributed by atoms with Crippen molar-refractivity contribution in [1.29, 1.82) is 0 Å². The summed E-state index contributed by atoms with van der Waals surface area (Å²) in [6, 6.07) is 19.1. The number of nitrogens with one attached hydrogen (secondary N) is 1. The molecule has 26 heavy (non-hydrogen) atoms. The number of benzene rings is 2. The number of aromatic nitrogens is 3. The molecule has 1 unspecified atom stereocenters. The molecule has 1 atom stereocenters. The molecule has 0 aliphatic heterocycles. The van der Waals surface area contributed by atoms with Gasteiger partial charge in [-0.3, -0.25) is 4.79 Å². The van der Waals surface area contributed by atoms with Crippen molar-refractivity contribution in [3.05, 3.63) is 72.6 Å². The standard InChI is InChI=1S/C19H20N4O2S/c1-25-13-12-23-14-20-22-19(23)26-17(15-8-4-2-5-9-15)18(24)21-16-10-6-3-7-11-16/h2-11,14,17H,12-13H2,1H3,(H,21,24). The maximum atomic E-state index is 13.0. The molecule has 1 amide bonds. The molecule has 6 nitrogen and oxygen atoms in total. The van der Waals surface area contributed by atoms with Crippen LogP contribution in [-0.4, -0.2) is 34.4 Å². The molecule has 0 aliphatic carbocycles. The van der Waals surface area contributed by atoms with E-state index in [-0.39, 0.29) is 5.91 Å². The molecule has 1 heterocycles. The van der Waals surface area contributed by atoms with Gasteiger partial charge in [-0.25, -0.2) is 0 Å². The van der Waals surface area contributed by atoms with Crippen LogP contribution in [0.3, 0.4) is 0 Å². The van der Waals surface area contributed by atoms with E-state index in [2.05, 4.69) is 15.5 Å². The van der Waals surface area contributed by atoms with Gasteiger partial charge in [-0.1, -0.05) is 60.3 Å². The fourth-order valence-electron chi connectivity index (χ4n) is 2.41. The van der Waals surface area contributed by atoms with E-state index in [0.29, 0.717) is 18.3 Å². The zero-order valence-corrected chi connectivity index (χ0v) is 15.2. The molecule has 2 aromatic carbocycles. The van der Waals surface area contributed by atoms with Crippen LogP contribution in [0.25, 0.3) is 0 Å². The number of hydrogen-bond acceptors (Lipinski definition) is 5. The van der Waals surface area contributed by atoms with Gasteiger partial charge < -0.3 is 14.6 Å². The van der Waals surface area contributed by atoms with Gasteiger partial charge in [0, 0.05) is 19.3 Å². The van der Waals surface area contributed by atoms with E-state index in [1.54, 1.807) is 13.4 Å². The number of thioether (sulfide) groups is 1. The minimum absolute atomic E-state index is 0.103. The van der Waals surface area contributed by atoms with Gasteiger partial charge >= 0.3 is 0 Å². The Balaban J connectivity index is 1.82. The van der Waals surface area contributed by atoms with Crippen LogP contribution in [0.4, 0.5) is 5.69 Å².